The smallest absolute Gasteiger partial charge is 0.410 e. The highest BCUT2D eigenvalue weighted by molar-refractivity contribution is 5.97. The van der Waals surface area contributed by atoms with Crippen molar-refractivity contribution in [3.63, 3.8) is 0 Å². The molecule has 4 rings (SSSR count). The normalized spacial score (nSPS) is 20.5. The van der Waals surface area contributed by atoms with Crippen LogP contribution in [0.25, 0.3) is 11.3 Å². The fourth-order valence-corrected chi connectivity index (χ4v) is 4.19. The number of likely N-dealkylation sites (tertiary alicyclic amines) is 1. The summed E-state index contributed by atoms with van der Waals surface area (Å²) in [7, 11) is 0. The van der Waals surface area contributed by atoms with Gasteiger partial charge in [-0.2, -0.15) is 5.26 Å². The van der Waals surface area contributed by atoms with E-state index in [1.54, 1.807) is 23.2 Å². The summed E-state index contributed by atoms with van der Waals surface area (Å²) in [6, 6.07) is 8.97. The number of hydrogen-bond acceptors (Lipinski definition) is 6. The molecule has 8 heteroatoms. The standard InChI is InChI=1S/C23H25N5O3/c1-14-19(8-10-27(14)22(30)31-23(2,3)4)28-13-16-5-6-18(26-20(16)21(28)29)15-7-9-25-17(11-15)12-24/h5-7,9,11,14,19H,8,10,13H2,1-4H3/t14-,19-/m1/s1. The Balaban J connectivity index is 1.53. The highest BCUT2D eigenvalue weighted by atomic mass is 16.6. The number of nitrogens with zero attached hydrogens (tertiary/aromatic N) is 5. The van der Waals surface area contributed by atoms with Crippen LogP contribution in [0.4, 0.5) is 4.79 Å². The SMILES string of the molecule is C[C@@H]1[C@H](N2Cc3ccc(-c4ccnc(C#N)c4)nc3C2=O)CCN1C(=O)OC(C)(C)C. The highest BCUT2D eigenvalue weighted by Gasteiger charge is 2.43. The second-order valence-corrected chi connectivity index (χ2v) is 8.95. The van der Waals surface area contributed by atoms with Crippen LogP contribution in [0, 0.1) is 11.3 Å². The lowest BCUT2D eigenvalue weighted by atomic mass is 10.1. The van der Waals surface area contributed by atoms with Crippen molar-refractivity contribution >= 4 is 12.0 Å². The number of hydrogen-bond donors (Lipinski definition) is 0. The van der Waals surface area contributed by atoms with Gasteiger partial charge in [0.1, 0.15) is 23.1 Å². The molecule has 1 saturated heterocycles. The number of fused-ring (bicyclic) bond motifs is 1. The maximum absolute atomic E-state index is 13.2. The summed E-state index contributed by atoms with van der Waals surface area (Å²) in [6.07, 6.45) is 1.91. The molecule has 0 aliphatic carbocycles. The van der Waals surface area contributed by atoms with Crippen LogP contribution in [-0.4, -0.2) is 56.0 Å². The van der Waals surface area contributed by atoms with Crippen LogP contribution < -0.4 is 0 Å². The van der Waals surface area contributed by atoms with Gasteiger partial charge in [0.2, 0.25) is 0 Å². The summed E-state index contributed by atoms with van der Waals surface area (Å²) in [5, 5.41) is 9.08. The van der Waals surface area contributed by atoms with Gasteiger partial charge in [-0.05, 0) is 52.3 Å². The van der Waals surface area contributed by atoms with E-state index < -0.39 is 5.60 Å². The van der Waals surface area contributed by atoms with Crippen molar-refractivity contribution in [3.05, 3.63) is 47.4 Å². The van der Waals surface area contributed by atoms with Crippen molar-refractivity contribution < 1.29 is 14.3 Å². The van der Waals surface area contributed by atoms with Crippen molar-refractivity contribution in [1.82, 2.24) is 19.8 Å². The molecule has 1 fully saturated rings. The van der Waals surface area contributed by atoms with Gasteiger partial charge in [-0.25, -0.2) is 14.8 Å². The Labute approximate surface area is 181 Å². The number of amides is 2. The fourth-order valence-electron chi connectivity index (χ4n) is 4.19. The molecule has 0 radical (unpaired) electrons. The summed E-state index contributed by atoms with van der Waals surface area (Å²) in [5.41, 5.74) is 2.40. The van der Waals surface area contributed by atoms with Crippen LogP contribution in [0.3, 0.4) is 0 Å². The van der Waals surface area contributed by atoms with Gasteiger partial charge < -0.3 is 14.5 Å². The zero-order valence-corrected chi connectivity index (χ0v) is 18.1. The molecule has 2 aliphatic heterocycles. The predicted molar refractivity (Wildman–Crippen MR) is 113 cm³/mol. The molecule has 2 aromatic heterocycles. The van der Waals surface area contributed by atoms with Gasteiger partial charge in [-0.15, -0.1) is 0 Å². The number of rotatable bonds is 2. The van der Waals surface area contributed by atoms with E-state index in [1.807, 2.05) is 50.8 Å². The first-order valence-corrected chi connectivity index (χ1v) is 10.3. The van der Waals surface area contributed by atoms with E-state index in [2.05, 4.69) is 9.97 Å². The molecule has 160 valence electrons. The Morgan fingerprint density at radius 2 is 2.06 bits per heavy atom. The van der Waals surface area contributed by atoms with Gasteiger partial charge in [-0.3, -0.25) is 4.79 Å². The van der Waals surface area contributed by atoms with Gasteiger partial charge in [0, 0.05) is 30.4 Å². The highest BCUT2D eigenvalue weighted by Crippen LogP contribution is 2.32. The van der Waals surface area contributed by atoms with Crippen LogP contribution in [0.1, 0.15) is 55.9 Å². The maximum atomic E-state index is 13.2. The van der Waals surface area contributed by atoms with Crippen molar-refractivity contribution in [1.29, 1.82) is 5.26 Å². The van der Waals surface area contributed by atoms with Crippen molar-refractivity contribution in [3.8, 4) is 17.3 Å². The Kier molecular flexibility index (Phi) is 5.13. The van der Waals surface area contributed by atoms with Crippen LogP contribution in [0.2, 0.25) is 0 Å². The molecule has 4 heterocycles. The van der Waals surface area contributed by atoms with E-state index >= 15 is 0 Å². The molecule has 0 aromatic carbocycles. The molecule has 8 nitrogen and oxygen atoms in total. The van der Waals surface area contributed by atoms with E-state index in [9.17, 15) is 9.59 Å². The summed E-state index contributed by atoms with van der Waals surface area (Å²) in [5.74, 6) is -0.130. The lowest BCUT2D eigenvalue weighted by Gasteiger charge is -2.31. The van der Waals surface area contributed by atoms with E-state index in [4.69, 9.17) is 10.00 Å². The van der Waals surface area contributed by atoms with E-state index in [0.717, 1.165) is 11.1 Å². The molecule has 2 atom stereocenters. The molecule has 0 bridgehead atoms. The zero-order valence-electron chi connectivity index (χ0n) is 18.1. The van der Waals surface area contributed by atoms with Gasteiger partial charge >= 0.3 is 6.09 Å². The number of nitriles is 1. The van der Waals surface area contributed by atoms with Crippen LogP contribution in [0.15, 0.2) is 30.5 Å². The van der Waals surface area contributed by atoms with E-state index in [-0.39, 0.29) is 24.1 Å². The quantitative estimate of drug-likeness (QED) is 0.740. The van der Waals surface area contributed by atoms with Crippen LogP contribution in [-0.2, 0) is 11.3 Å². The molecule has 2 aromatic rings. The molecular weight excluding hydrogens is 394 g/mol. The Bertz CT molecular complexity index is 1090. The van der Waals surface area contributed by atoms with E-state index in [0.29, 0.717) is 36.6 Å². The fraction of sp³-hybridized carbons (Fsp3) is 0.435. The third-order valence-corrected chi connectivity index (χ3v) is 5.70. The minimum atomic E-state index is -0.562. The first-order valence-electron chi connectivity index (χ1n) is 10.3. The number of ether oxygens (including phenoxy) is 1. The first kappa shape index (κ1) is 20.8. The molecule has 0 saturated carbocycles. The lowest BCUT2D eigenvalue weighted by molar-refractivity contribution is 0.0198. The minimum absolute atomic E-state index is 0.0937. The second kappa shape index (κ2) is 7.65. The average Bonchev–Trinajstić information content (AvgIpc) is 3.26. The Morgan fingerprint density at radius 1 is 1.29 bits per heavy atom. The summed E-state index contributed by atoms with van der Waals surface area (Å²) in [6.45, 7) is 8.50. The Morgan fingerprint density at radius 3 is 2.77 bits per heavy atom. The molecular formula is C23H25N5O3. The van der Waals surface area contributed by atoms with Crippen molar-refractivity contribution in [2.24, 2.45) is 0 Å². The lowest BCUT2D eigenvalue weighted by Crippen LogP contribution is -2.46. The Hall–Kier alpha value is -3.47. The zero-order chi connectivity index (χ0) is 22.3. The topological polar surface area (TPSA) is 99.4 Å². The van der Waals surface area contributed by atoms with Crippen molar-refractivity contribution in [2.45, 2.75) is 58.3 Å². The van der Waals surface area contributed by atoms with E-state index in [1.165, 1.54) is 0 Å². The average molecular weight is 419 g/mol. The maximum Gasteiger partial charge on any atom is 0.410 e. The molecule has 0 unspecified atom stereocenters. The monoisotopic (exact) mass is 419 g/mol. The van der Waals surface area contributed by atoms with Gasteiger partial charge in [-0.1, -0.05) is 6.07 Å². The molecule has 2 amide bonds. The summed E-state index contributed by atoms with van der Waals surface area (Å²) < 4.78 is 5.52. The second-order valence-electron chi connectivity index (χ2n) is 8.95. The van der Waals surface area contributed by atoms with Gasteiger partial charge in [0.15, 0.2) is 0 Å². The summed E-state index contributed by atoms with van der Waals surface area (Å²) in [4.78, 5) is 37.8. The minimum Gasteiger partial charge on any atom is -0.444 e. The third kappa shape index (κ3) is 3.96. The molecule has 31 heavy (non-hydrogen) atoms. The molecule has 0 N–H and O–H groups in total. The number of carbonyl (C=O) groups excluding carboxylic acids is 2. The molecule has 0 spiro atoms. The predicted octanol–water partition coefficient (Wildman–Crippen LogP) is 3.37. The van der Waals surface area contributed by atoms with Crippen molar-refractivity contribution in [2.75, 3.05) is 6.54 Å². The number of aromatic nitrogens is 2. The number of pyridine rings is 2. The van der Waals surface area contributed by atoms with Gasteiger partial charge in [0.25, 0.3) is 5.91 Å². The molecule has 2 aliphatic rings. The number of carbonyl (C=O) groups is 2. The summed E-state index contributed by atoms with van der Waals surface area (Å²) >= 11 is 0. The van der Waals surface area contributed by atoms with Gasteiger partial charge in [0.05, 0.1) is 17.8 Å². The largest absolute Gasteiger partial charge is 0.444 e. The third-order valence-electron chi connectivity index (χ3n) is 5.70. The van der Waals surface area contributed by atoms with Crippen LogP contribution in [0.5, 0.6) is 0 Å². The van der Waals surface area contributed by atoms with Crippen LogP contribution >= 0.6 is 0 Å². The first-order chi connectivity index (χ1) is 14.7.